The maximum Gasteiger partial charge on any atom is 0.274 e. The third kappa shape index (κ3) is 3.51. The van der Waals surface area contributed by atoms with Crippen LogP contribution in [0.3, 0.4) is 0 Å². The van der Waals surface area contributed by atoms with Gasteiger partial charge in [-0.05, 0) is 19.8 Å². The van der Waals surface area contributed by atoms with Gasteiger partial charge in [-0.2, -0.15) is 0 Å². The zero-order valence-electron chi connectivity index (χ0n) is 16.9. The van der Waals surface area contributed by atoms with Crippen LogP contribution in [0.15, 0.2) is 23.1 Å². The number of nitrogens with zero attached hydrogens (tertiary/aromatic N) is 2. The molecule has 0 saturated carbocycles. The topological polar surface area (TPSA) is 91.6 Å². The third-order valence-corrected chi connectivity index (χ3v) is 6.00. The van der Waals surface area contributed by atoms with Crippen molar-refractivity contribution in [1.82, 2.24) is 14.8 Å². The van der Waals surface area contributed by atoms with E-state index in [1.54, 1.807) is 6.92 Å². The zero-order chi connectivity index (χ0) is 23.3. The number of aromatic hydroxyl groups is 1. The van der Waals surface area contributed by atoms with Crippen LogP contribution in [0, 0.1) is 17.5 Å². The van der Waals surface area contributed by atoms with Crippen molar-refractivity contribution < 1.29 is 32.3 Å². The van der Waals surface area contributed by atoms with Gasteiger partial charge in [0.1, 0.15) is 29.2 Å². The number of rotatable bonds is 3. The lowest BCUT2D eigenvalue weighted by atomic mass is 10.0. The highest BCUT2D eigenvalue weighted by molar-refractivity contribution is 5.99. The van der Waals surface area contributed by atoms with Crippen molar-refractivity contribution >= 4 is 11.8 Å². The molecular weight excluding hydrogens is 434 g/mol. The van der Waals surface area contributed by atoms with E-state index >= 15 is 0 Å². The second kappa shape index (κ2) is 7.95. The lowest BCUT2D eigenvalue weighted by Gasteiger charge is -2.37. The fraction of sp³-hybridized carbons (Fsp3) is 0.381. The van der Waals surface area contributed by atoms with E-state index in [1.807, 2.05) is 0 Å². The summed E-state index contributed by atoms with van der Waals surface area (Å²) in [7, 11) is 0. The number of halogens is 4. The maximum absolute atomic E-state index is 14.8. The molecule has 2 N–H and O–H groups in total. The summed E-state index contributed by atoms with van der Waals surface area (Å²) in [5.74, 6) is -6.35. The number of pyridine rings is 1. The fourth-order valence-electron chi connectivity index (χ4n) is 4.19. The monoisotopic (exact) mass is 453 g/mol. The van der Waals surface area contributed by atoms with Crippen LogP contribution in [0.2, 0.25) is 0 Å². The Balaban J connectivity index is 1.70. The summed E-state index contributed by atoms with van der Waals surface area (Å²) in [4.78, 5) is 39.4. The Morgan fingerprint density at radius 3 is 2.50 bits per heavy atom. The van der Waals surface area contributed by atoms with Crippen molar-refractivity contribution in [3.63, 3.8) is 0 Å². The zero-order valence-corrected chi connectivity index (χ0v) is 16.9. The Labute approximate surface area is 179 Å². The van der Waals surface area contributed by atoms with Crippen molar-refractivity contribution in [1.29, 1.82) is 0 Å². The van der Waals surface area contributed by atoms with Gasteiger partial charge < -0.3 is 19.9 Å². The predicted octanol–water partition coefficient (Wildman–Crippen LogP) is 2.42. The molecule has 2 aliphatic rings. The van der Waals surface area contributed by atoms with Crippen LogP contribution in [-0.2, 0) is 6.54 Å². The number of carbonyl (C=O) groups is 2. The van der Waals surface area contributed by atoms with E-state index in [4.69, 9.17) is 0 Å². The van der Waals surface area contributed by atoms with Gasteiger partial charge in [0.25, 0.3) is 11.8 Å². The molecule has 11 heteroatoms. The van der Waals surface area contributed by atoms with Crippen molar-refractivity contribution in [2.75, 3.05) is 6.54 Å². The van der Waals surface area contributed by atoms with Gasteiger partial charge in [0.05, 0.1) is 6.04 Å². The number of carbonyl (C=O) groups excluding carboxylic acids is 2. The van der Waals surface area contributed by atoms with Gasteiger partial charge >= 0.3 is 0 Å². The van der Waals surface area contributed by atoms with Crippen LogP contribution in [0.25, 0.3) is 0 Å². The van der Waals surface area contributed by atoms with E-state index in [9.17, 15) is 37.1 Å². The summed E-state index contributed by atoms with van der Waals surface area (Å²) in [6.45, 7) is 1.04. The Morgan fingerprint density at radius 2 is 1.84 bits per heavy atom. The first-order valence-corrected chi connectivity index (χ1v) is 9.95. The third-order valence-electron chi connectivity index (χ3n) is 6.00. The van der Waals surface area contributed by atoms with Gasteiger partial charge in [0.15, 0.2) is 11.4 Å². The average molecular weight is 453 g/mol. The van der Waals surface area contributed by atoms with Gasteiger partial charge in [-0.15, -0.1) is 0 Å². The number of hydrogen-bond acceptors (Lipinski definition) is 4. The van der Waals surface area contributed by atoms with Gasteiger partial charge in [0.2, 0.25) is 5.43 Å². The highest BCUT2D eigenvalue weighted by atomic mass is 19.1. The molecule has 2 aromatic rings. The molecule has 7 nitrogen and oxygen atoms in total. The molecule has 1 aromatic carbocycles. The van der Waals surface area contributed by atoms with Crippen LogP contribution in [0.1, 0.15) is 52.2 Å². The second-order valence-electron chi connectivity index (χ2n) is 7.97. The number of alkyl halides is 1. The number of benzene rings is 1. The molecule has 0 aliphatic carbocycles. The van der Waals surface area contributed by atoms with Gasteiger partial charge in [-0.25, -0.2) is 17.6 Å². The SMILES string of the molecule is C[C@H]1CC[C@H](F)[C@H]2CN1C(=O)c1c(O)c(=O)c(C(=O)NCc3c(F)cc(F)cc3F)cn12. The standard InChI is InChI=1S/C21H19F4N3O4/c1-9-2-3-13(23)16-8-27(9)21(32)17-19(30)18(29)12(7-28(16)17)20(31)26-6-11-14(24)4-10(22)5-15(11)25/h4-5,7,9,13,16,30H,2-3,6,8H2,1H3,(H,26,31)/t9-,13-,16+/m0/s1. The molecule has 2 aliphatic heterocycles. The number of amides is 2. The minimum atomic E-state index is -1.39. The van der Waals surface area contributed by atoms with Gasteiger partial charge in [-0.3, -0.25) is 14.4 Å². The summed E-state index contributed by atoms with van der Waals surface area (Å²) in [5, 5.41) is 12.6. The molecule has 32 heavy (non-hydrogen) atoms. The van der Waals surface area contributed by atoms with E-state index in [2.05, 4.69) is 5.32 Å². The highest BCUT2D eigenvalue weighted by Crippen LogP contribution is 2.35. The molecule has 0 radical (unpaired) electrons. The summed E-state index contributed by atoms with van der Waals surface area (Å²) in [6.07, 6.45) is 0.124. The molecule has 4 rings (SSSR count). The molecule has 1 fully saturated rings. The van der Waals surface area contributed by atoms with Crippen molar-refractivity contribution in [3.8, 4) is 5.75 Å². The first kappa shape index (κ1) is 21.8. The lowest BCUT2D eigenvalue weighted by molar-refractivity contribution is 0.0576. The number of fused-ring (bicyclic) bond motifs is 4. The molecular formula is C21H19F4N3O4. The Kier molecular flexibility index (Phi) is 5.43. The average Bonchev–Trinajstić information content (AvgIpc) is 2.85. The van der Waals surface area contributed by atoms with Gasteiger partial charge in [0, 0.05) is 43.0 Å². The maximum atomic E-state index is 14.8. The fourth-order valence-corrected chi connectivity index (χ4v) is 4.19. The number of hydrogen-bond donors (Lipinski definition) is 2. The quantitative estimate of drug-likeness (QED) is 0.699. The summed E-state index contributed by atoms with van der Waals surface area (Å²) in [6, 6.07) is -0.332. The van der Waals surface area contributed by atoms with E-state index in [0.29, 0.717) is 18.6 Å². The Bertz CT molecular complexity index is 1160. The van der Waals surface area contributed by atoms with Crippen LogP contribution in [-0.4, -0.2) is 45.1 Å². The Morgan fingerprint density at radius 1 is 1.19 bits per heavy atom. The number of aromatic nitrogens is 1. The van der Waals surface area contributed by atoms with Crippen molar-refractivity contribution in [2.24, 2.45) is 0 Å². The molecule has 2 amide bonds. The van der Waals surface area contributed by atoms with Crippen LogP contribution >= 0.6 is 0 Å². The molecule has 2 bridgehead atoms. The number of nitrogens with one attached hydrogen (secondary N) is 1. The largest absolute Gasteiger partial charge is 0.503 e. The first-order chi connectivity index (χ1) is 15.1. The van der Waals surface area contributed by atoms with E-state index in [-0.39, 0.29) is 19.0 Å². The normalized spacial score (nSPS) is 22.3. The summed E-state index contributed by atoms with van der Waals surface area (Å²) >= 11 is 0. The predicted molar refractivity (Wildman–Crippen MR) is 104 cm³/mol. The van der Waals surface area contributed by atoms with Crippen molar-refractivity contribution in [2.45, 2.75) is 44.6 Å². The van der Waals surface area contributed by atoms with Crippen molar-refractivity contribution in [3.05, 3.63) is 62.8 Å². The van der Waals surface area contributed by atoms with Crippen LogP contribution < -0.4 is 10.7 Å². The molecule has 1 saturated heterocycles. The Hall–Kier alpha value is -3.37. The van der Waals surface area contributed by atoms with Crippen LogP contribution in [0.4, 0.5) is 17.6 Å². The summed E-state index contributed by atoms with van der Waals surface area (Å²) < 4.78 is 56.6. The molecule has 0 spiro atoms. The molecule has 1 aromatic heterocycles. The van der Waals surface area contributed by atoms with E-state index < -0.39 is 76.0 Å². The lowest BCUT2D eigenvalue weighted by Crippen LogP contribution is -2.48. The van der Waals surface area contributed by atoms with E-state index in [1.165, 1.54) is 4.90 Å². The smallest absolute Gasteiger partial charge is 0.274 e. The molecule has 3 heterocycles. The van der Waals surface area contributed by atoms with Crippen LogP contribution in [0.5, 0.6) is 5.75 Å². The summed E-state index contributed by atoms with van der Waals surface area (Å²) in [5.41, 5.74) is -2.84. The minimum absolute atomic E-state index is 0.00351. The molecule has 3 atom stereocenters. The molecule has 0 unspecified atom stereocenters. The second-order valence-corrected chi connectivity index (χ2v) is 7.97. The van der Waals surface area contributed by atoms with Gasteiger partial charge in [-0.1, -0.05) is 0 Å². The van der Waals surface area contributed by atoms with E-state index in [0.717, 1.165) is 10.8 Å². The first-order valence-electron chi connectivity index (χ1n) is 9.95. The molecule has 170 valence electrons. The highest BCUT2D eigenvalue weighted by Gasteiger charge is 2.42. The minimum Gasteiger partial charge on any atom is -0.503 e.